The van der Waals surface area contributed by atoms with E-state index < -0.39 is 29.8 Å². The number of nitrogens with zero attached hydrogens (tertiary/aromatic N) is 4. The highest BCUT2D eigenvalue weighted by molar-refractivity contribution is 5.95. The maximum absolute atomic E-state index is 13.6. The number of rotatable bonds is 4. The Labute approximate surface area is 230 Å². The SMILES string of the molecule is O=C(O)C1C=CC(C(F)(F)F)=CN1C1CCc2ccc(C(=O)N3CCC4(CCN(c5ccncc5)CC4)C3)cc21. The number of allylic oxidation sites excluding steroid dienone is 2. The van der Waals surface area contributed by atoms with Crippen LogP contribution in [-0.2, 0) is 11.2 Å². The molecule has 210 valence electrons. The molecule has 3 aliphatic heterocycles. The Morgan fingerprint density at radius 2 is 1.75 bits per heavy atom. The predicted octanol–water partition coefficient (Wildman–Crippen LogP) is 4.97. The summed E-state index contributed by atoms with van der Waals surface area (Å²) in [6.45, 7) is 3.21. The van der Waals surface area contributed by atoms with E-state index in [4.69, 9.17) is 0 Å². The van der Waals surface area contributed by atoms with Crippen molar-refractivity contribution in [3.05, 3.63) is 83.3 Å². The first-order valence-corrected chi connectivity index (χ1v) is 13.7. The molecule has 4 aliphatic rings. The van der Waals surface area contributed by atoms with E-state index in [1.165, 1.54) is 4.90 Å². The fraction of sp³-hybridized carbons (Fsp3) is 0.433. The van der Waals surface area contributed by atoms with Crippen molar-refractivity contribution in [1.82, 2.24) is 14.8 Å². The van der Waals surface area contributed by atoms with Gasteiger partial charge < -0.3 is 19.8 Å². The van der Waals surface area contributed by atoms with Crippen molar-refractivity contribution in [2.24, 2.45) is 5.41 Å². The molecule has 1 aliphatic carbocycles. The molecule has 6 rings (SSSR count). The van der Waals surface area contributed by atoms with Gasteiger partial charge in [-0.15, -0.1) is 0 Å². The van der Waals surface area contributed by atoms with Crippen molar-refractivity contribution in [3.8, 4) is 0 Å². The Kier molecular flexibility index (Phi) is 6.59. The number of halogens is 3. The number of carboxylic acids is 1. The van der Waals surface area contributed by atoms with Gasteiger partial charge in [0.15, 0.2) is 0 Å². The summed E-state index contributed by atoms with van der Waals surface area (Å²) in [6, 6.07) is 7.69. The van der Waals surface area contributed by atoms with Gasteiger partial charge in [-0.2, -0.15) is 13.2 Å². The predicted molar refractivity (Wildman–Crippen MR) is 143 cm³/mol. The van der Waals surface area contributed by atoms with Crippen LogP contribution in [0.5, 0.6) is 0 Å². The zero-order valence-corrected chi connectivity index (χ0v) is 22.0. The zero-order chi connectivity index (χ0) is 28.1. The monoisotopic (exact) mass is 552 g/mol. The number of fused-ring (bicyclic) bond motifs is 1. The van der Waals surface area contributed by atoms with Crippen LogP contribution < -0.4 is 4.90 Å². The second-order valence-corrected chi connectivity index (χ2v) is 11.3. The molecule has 0 radical (unpaired) electrons. The number of piperidine rings is 1. The van der Waals surface area contributed by atoms with Crippen LogP contribution in [0, 0.1) is 5.41 Å². The standard InChI is InChI=1S/C30H31F3N4O3/c31-30(32,33)22-4-6-26(28(39)40)37(18-22)25-5-3-20-1-2-21(17-24(20)25)27(38)36-16-11-29(19-36)9-14-35(15-10-29)23-7-12-34-13-8-23/h1-2,4,6-8,12-13,17-18,25-26H,3,5,9-11,14-16,19H2,(H,39,40). The van der Waals surface area contributed by atoms with E-state index in [1.807, 2.05) is 23.1 Å². The minimum absolute atomic E-state index is 0.0817. The van der Waals surface area contributed by atoms with Crippen LogP contribution in [0.25, 0.3) is 0 Å². The van der Waals surface area contributed by atoms with E-state index in [1.54, 1.807) is 24.5 Å². The zero-order valence-electron chi connectivity index (χ0n) is 22.0. The lowest BCUT2D eigenvalue weighted by atomic mass is 9.77. The quantitative estimate of drug-likeness (QED) is 0.577. The van der Waals surface area contributed by atoms with Crippen LogP contribution >= 0.6 is 0 Å². The highest BCUT2D eigenvalue weighted by Crippen LogP contribution is 2.43. The van der Waals surface area contributed by atoms with Gasteiger partial charge in [-0.1, -0.05) is 12.1 Å². The summed E-state index contributed by atoms with van der Waals surface area (Å²) in [5.74, 6) is -1.30. The number of likely N-dealkylation sites (tertiary alicyclic amines) is 1. The van der Waals surface area contributed by atoms with Gasteiger partial charge in [0.1, 0.15) is 6.04 Å². The minimum atomic E-state index is -4.59. The second kappa shape index (κ2) is 9.98. The average molecular weight is 553 g/mol. The summed E-state index contributed by atoms with van der Waals surface area (Å²) in [5, 5.41) is 9.72. The molecule has 0 bridgehead atoms. The van der Waals surface area contributed by atoms with Crippen LogP contribution in [0.4, 0.5) is 18.9 Å². The number of amides is 1. The lowest BCUT2D eigenvalue weighted by Gasteiger charge is -2.40. The highest BCUT2D eigenvalue weighted by atomic mass is 19.4. The van der Waals surface area contributed by atoms with E-state index in [-0.39, 0.29) is 11.3 Å². The van der Waals surface area contributed by atoms with Gasteiger partial charge in [0.05, 0.1) is 11.6 Å². The second-order valence-electron chi connectivity index (χ2n) is 11.3. The largest absolute Gasteiger partial charge is 0.479 e. The summed E-state index contributed by atoms with van der Waals surface area (Å²) in [7, 11) is 0. The number of hydrogen-bond acceptors (Lipinski definition) is 5. The molecule has 2 unspecified atom stereocenters. The van der Waals surface area contributed by atoms with Gasteiger partial charge in [-0.25, -0.2) is 4.79 Å². The fourth-order valence-corrected chi connectivity index (χ4v) is 6.76. The normalized spacial score (nSPS) is 23.9. The van der Waals surface area contributed by atoms with Crippen molar-refractivity contribution in [3.63, 3.8) is 0 Å². The van der Waals surface area contributed by atoms with Gasteiger partial charge >= 0.3 is 12.1 Å². The number of aliphatic carboxylic acids is 1. The first-order valence-electron chi connectivity index (χ1n) is 13.7. The summed E-state index contributed by atoms with van der Waals surface area (Å²) in [4.78, 5) is 35.2. The fourth-order valence-electron chi connectivity index (χ4n) is 6.76. The molecular weight excluding hydrogens is 521 g/mol. The van der Waals surface area contributed by atoms with E-state index >= 15 is 0 Å². The van der Waals surface area contributed by atoms with Crippen molar-refractivity contribution in [2.75, 3.05) is 31.1 Å². The van der Waals surface area contributed by atoms with Gasteiger partial charge in [-0.3, -0.25) is 9.78 Å². The number of aryl methyl sites for hydroxylation is 1. The molecule has 4 heterocycles. The molecule has 1 aromatic heterocycles. The molecule has 0 saturated carbocycles. The lowest BCUT2D eigenvalue weighted by molar-refractivity contribution is -0.141. The summed E-state index contributed by atoms with van der Waals surface area (Å²) >= 11 is 0. The number of carbonyl (C=O) groups is 2. The molecule has 10 heteroatoms. The Morgan fingerprint density at radius 3 is 2.45 bits per heavy atom. The van der Waals surface area contributed by atoms with Gasteiger partial charge in [0.25, 0.3) is 5.91 Å². The number of carboxylic acid groups (broad SMARTS) is 1. The summed E-state index contributed by atoms with van der Waals surface area (Å²) in [5.41, 5.74) is 2.52. The maximum atomic E-state index is 13.6. The number of hydrogen-bond donors (Lipinski definition) is 1. The van der Waals surface area contributed by atoms with E-state index in [0.717, 1.165) is 67.5 Å². The van der Waals surface area contributed by atoms with Crippen LogP contribution in [0.3, 0.4) is 0 Å². The molecule has 2 atom stereocenters. The highest BCUT2D eigenvalue weighted by Gasteiger charge is 2.43. The number of anilines is 1. The Balaban J connectivity index is 1.18. The molecule has 2 fully saturated rings. The molecule has 2 saturated heterocycles. The maximum Gasteiger partial charge on any atom is 0.417 e. The van der Waals surface area contributed by atoms with Crippen LogP contribution in [0.1, 0.15) is 53.2 Å². The number of carbonyl (C=O) groups excluding carboxylic acids is 1. The third-order valence-electron chi connectivity index (χ3n) is 9.02. The Hall–Kier alpha value is -3.82. The molecule has 1 N–H and O–H groups in total. The van der Waals surface area contributed by atoms with Crippen LogP contribution in [0.15, 0.2) is 66.7 Å². The first-order chi connectivity index (χ1) is 19.1. The Morgan fingerprint density at radius 1 is 1.02 bits per heavy atom. The van der Waals surface area contributed by atoms with E-state index in [9.17, 15) is 27.9 Å². The summed E-state index contributed by atoms with van der Waals surface area (Å²) in [6.07, 6.45) is 5.87. The van der Waals surface area contributed by atoms with E-state index in [0.29, 0.717) is 31.5 Å². The Bertz CT molecular complexity index is 1370. The number of benzene rings is 1. The van der Waals surface area contributed by atoms with Crippen molar-refractivity contribution in [2.45, 2.75) is 50.4 Å². The molecule has 1 aromatic carbocycles. The third-order valence-corrected chi connectivity index (χ3v) is 9.02. The number of aromatic nitrogens is 1. The van der Waals surface area contributed by atoms with Gasteiger partial charge in [0.2, 0.25) is 0 Å². The molecule has 2 aromatic rings. The van der Waals surface area contributed by atoms with Crippen molar-refractivity contribution < 1.29 is 27.9 Å². The van der Waals surface area contributed by atoms with Crippen LogP contribution in [0.2, 0.25) is 0 Å². The molecule has 1 amide bonds. The van der Waals surface area contributed by atoms with Gasteiger partial charge in [0, 0.05) is 56.0 Å². The molecule has 40 heavy (non-hydrogen) atoms. The molecule has 1 spiro atoms. The lowest BCUT2D eigenvalue weighted by Crippen LogP contribution is -2.42. The summed E-state index contributed by atoms with van der Waals surface area (Å²) < 4.78 is 40.4. The smallest absolute Gasteiger partial charge is 0.417 e. The molecular formula is C30H31F3N4O3. The topological polar surface area (TPSA) is 77.0 Å². The van der Waals surface area contributed by atoms with Crippen molar-refractivity contribution >= 4 is 17.6 Å². The third kappa shape index (κ3) is 4.84. The van der Waals surface area contributed by atoms with Crippen molar-refractivity contribution in [1.29, 1.82) is 0 Å². The average Bonchev–Trinajstić information content (AvgIpc) is 3.57. The van der Waals surface area contributed by atoms with E-state index in [2.05, 4.69) is 9.88 Å². The van der Waals surface area contributed by atoms with Gasteiger partial charge in [-0.05, 0) is 79.0 Å². The minimum Gasteiger partial charge on any atom is -0.479 e. The first kappa shape index (κ1) is 26.4. The number of pyridine rings is 1. The number of alkyl halides is 3. The van der Waals surface area contributed by atoms with Crippen LogP contribution in [-0.4, -0.2) is 70.2 Å². The molecule has 7 nitrogen and oxygen atoms in total.